The zero-order chi connectivity index (χ0) is 48.0. The van der Waals surface area contributed by atoms with E-state index in [1.807, 2.05) is 19.1 Å². The van der Waals surface area contributed by atoms with E-state index in [1.54, 1.807) is 12.1 Å². The second-order valence-electron chi connectivity index (χ2n) is 13.5. The second kappa shape index (κ2) is 19.4. The number of anilines is 1. The standard InChI is InChI=1S/C39H32N10O14S3/c1-21-2-4-22(5-3-21)42-45-31-15-14-30(27-12-11-26(19-28(27)31)65(57,58)59)46-48-35-29(38(52)53)20-34(50)36(37(35)51)49-44-24-8-13-32(33(18-24)41-39(40)54)47-43-23-6-9-25(10-7-23)64(55,56)17-16-63-66(60,61)62/h2-15,18-20,50-51H,16-17H2,1H3,(H,52,53)(H3,40,41,54)(H,57,58,59)(H,60,61,62). The van der Waals surface area contributed by atoms with Gasteiger partial charge in [0.25, 0.3) is 10.1 Å². The molecule has 0 aliphatic carbocycles. The molecule has 0 bridgehead atoms. The summed E-state index contributed by atoms with van der Waals surface area (Å²) >= 11 is 0. The van der Waals surface area contributed by atoms with E-state index in [-0.39, 0.29) is 49.8 Å². The van der Waals surface area contributed by atoms with Crippen molar-refractivity contribution < 1.29 is 63.5 Å². The van der Waals surface area contributed by atoms with Crippen LogP contribution in [0.1, 0.15) is 15.9 Å². The lowest BCUT2D eigenvalue weighted by Gasteiger charge is -2.09. The lowest BCUT2D eigenvalue weighted by atomic mass is 10.1. The number of phenolic OH excluding ortho intramolecular Hbond substituents is 2. The van der Waals surface area contributed by atoms with Gasteiger partial charge in [0.15, 0.2) is 21.3 Å². The molecule has 0 unspecified atom stereocenters. The minimum Gasteiger partial charge on any atom is -0.505 e. The Labute approximate surface area is 373 Å². The Bertz CT molecular complexity index is 3370. The molecule has 0 atom stereocenters. The lowest BCUT2D eigenvalue weighted by molar-refractivity contribution is 0.0696. The number of nitrogens with zero attached hydrogens (tertiary/aromatic N) is 8. The third-order valence-electron chi connectivity index (χ3n) is 8.82. The molecule has 0 fully saturated rings. The quantitative estimate of drug-likeness (QED) is 0.0351. The first kappa shape index (κ1) is 47.5. The molecule has 66 heavy (non-hydrogen) atoms. The van der Waals surface area contributed by atoms with Crippen molar-refractivity contribution in [2.45, 2.75) is 16.7 Å². The number of rotatable bonds is 16. The molecular weight excluding hydrogens is 929 g/mol. The first-order chi connectivity index (χ1) is 31.1. The number of benzene rings is 6. The van der Waals surface area contributed by atoms with E-state index in [4.69, 9.17) is 10.3 Å². The number of carbonyl (C=O) groups is 2. The number of urea groups is 1. The molecule has 0 aromatic heterocycles. The number of azo groups is 4. The maximum Gasteiger partial charge on any atom is 0.397 e. The van der Waals surface area contributed by atoms with Crippen molar-refractivity contribution >= 4 is 104 Å². The molecule has 27 heteroatoms. The van der Waals surface area contributed by atoms with Crippen LogP contribution in [0.3, 0.4) is 0 Å². The van der Waals surface area contributed by atoms with Gasteiger partial charge in [-0.1, -0.05) is 23.8 Å². The summed E-state index contributed by atoms with van der Waals surface area (Å²) in [6.45, 7) is 1.06. The zero-order valence-corrected chi connectivity index (χ0v) is 36.0. The predicted molar refractivity (Wildman–Crippen MR) is 234 cm³/mol. The molecule has 8 N–H and O–H groups in total. The number of amides is 2. The number of aryl methyl sites for hydroxylation is 1. The van der Waals surface area contributed by atoms with E-state index in [9.17, 15) is 54.7 Å². The second-order valence-corrected chi connectivity index (χ2v) is 18.1. The third-order valence-corrected chi connectivity index (χ3v) is 11.8. The van der Waals surface area contributed by atoms with E-state index in [0.717, 1.165) is 35.9 Å². The van der Waals surface area contributed by atoms with Gasteiger partial charge < -0.3 is 26.4 Å². The summed E-state index contributed by atoms with van der Waals surface area (Å²) in [5.41, 5.74) is 4.97. The fourth-order valence-corrected chi connectivity index (χ4v) is 7.66. The number of primary amides is 1. The SMILES string of the molecule is Cc1ccc(N=Nc2ccc(N=Nc3c(C(=O)O)cc(O)c(N=Nc4ccc(N=Nc5ccc(S(=O)(=O)CCOS(=O)(=O)O)cc5)c(NC(N)=O)c4)c3O)c3ccc(S(=O)(=O)O)cc23)cc1. The number of hydrogen-bond acceptors (Lipinski definition) is 19. The molecule has 0 saturated heterocycles. The Balaban J connectivity index is 1.30. The van der Waals surface area contributed by atoms with E-state index in [0.29, 0.717) is 5.69 Å². The molecular formula is C39H32N10O14S3. The molecule has 0 heterocycles. The third kappa shape index (κ3) is 12.0. The molecule has 340 valence electrons. The van der Waals surface area contributed by atoms with Crippen molar-refractivity contribution in [1.29, 1.82) is 0 Å². The highest BCUT2D eigenvalue weighted by molar-refractivity contribution is 7.91. The zero-order valence-electron chi connectivity index (χ0n) is 33.5. The molecule has 0 spiro atoms. The van der Waals surface area contributed by atoms with E-state index in [1.165, 1.54) is 48.5 Å². The van der Waals surface area contributed by atoms with Crippen molar-refractivity contribution in [3.63, 3.8) is 0 Å². The topological polar surface area (TPSA) is 384 Å². The maximum absolute atomic E-state index is 12.5. The molecule has 0 saturated carbocycles. The van der Waals surface area contributed by atoms with Crippen molar-refractivity contribution in [2.24, 2.45) is 46.6 Å². The Hall–Kier alpha value is -7.95. The largest absolute Gasteiger partial charge is 0.505 e. The fraction of sp³-hybridized carbons (Fsp3) is 0.0769. The van der Waals surface area contributed by atoms with Crippen LogP contribution in [-0.4, -0.2) is 74.0 Å². The number of sulfone groups is 1. The number of aromatic hydroxyl groups is 2. The summed E-state index contributed by atoms with van der Waals surface area (Å²) < 4.78 is 92.9. The Kier molecular flexibility index (Phi) is 14.0. The average Bonchev–Trinajstić information content (AvgIpc) is 3.24. The van der Waals surface area contributed by atoms with Crippen LogP contribution in [0.4, 0.5) is 56.0 Å². The van der Waals surface area contributed by atoms with Crippen molar-refractivity contribution in [3.8, 4) is 11.5 Å². The average molecular weight is 961 g/mol. The molecule has 24 nitrogen and oxygen atoms in total. The molecule has 6 rings (SSSR count). The van der Waals surface area contributed by atoms with Gasteiger partial charge in [0.05, 0.1) is 61.8 Å². The highest BCUT2D eigenvalue weighted by Crippen LogP contribution is 2.47. The summed E-state index contributed by atoms with van der Waals surface area (Å²) in [6.07, 6.45) is 0. The van der Waals surface area contributed by atoms with Crippen LogP contribution in [0, 0.1) is 6.92 Å². The predicted octanol–water partition coefficient (Wildman–Crippen LogP) is 9.25. The number of carboxylic acid groups (broad SMARTS) is 1. The number of phenols is 2. The van der Waals surface area contributed by atoms with Gasteiger partial charge in [0.2, 0.25) is 0 Å². The summed E-state index contributed by atoms with van der Waals surface area (Å²) in [7, 11) is -13.5. The van der Waals surface area contributed by atoms with E-state index < -0.39 is 88.0 Å². The lowest BCUT2D eigenvalue weighted by Crippen LogP contribution is -2.19. The van der Waals surface area contributed by atoms with Gasteiger partial charge in [-0.2, -0.15) is 32.2 Å². The van der Waals surface area contributed by atoms with Crippen LogP contribution in [0.25, 0.3) is 10.8 Å². The van der Waals surface area contributed by atoms with E-state index >= 15 is 0 Å². The Morgan fingerprint density at radius 2 is 1.15 bits per heavy atom. The van der Waals surface area contributed by atoms with Crippen molar-refractivity contribution in [2.75, 3.05) is 17.7 Å². The number of nitrogens with one attached hydrogen (secondary N) is 1. The molecule has 0 radical (unpaired) electrons. The van der Waals surface area contributed by atoms with Crippen LogP contribution >= 0.6 is 0 Å². The summed E-state index contributed by atoms with van der Waals surface area (Å²) in [5, 5.41) is 67.0. The van der Waals surface area contributed by atoms with Gasteiger partial charge in [-0.3, -0.25) is 9.11 Å². The molecule has 0 aliphatic rings. The maximum atomic E-state index is 12.5. The molecule has 6 aromatic rings. The first-order valence-corrected chi connectivity index (χ1v) is 22.8. The van der Waals surface area contributed by atoms with Gasteiger partial charge >= 0.3 is 22.4 Å². The molecule has 2 amide bonds. The van der Waals surface area contributed by atoms with Gasteiger partial charge in [0, 0.05) is 10.8 Å². The summed E-state index contributed by atoms with van der Waals surface area (Å²) in [6, 6.07) is 21.8. The fourth-order valence-electron chi connectivity index (χ4n) is 5.67. The minimum absolute atomic E-state index is 0.00936. The number of hydrogen-bond donors (Lipinski definition) is 7. The van der Waals surface area contributed by atoms with Crippen molar-refractivity contribution in [1.82, 2.24) is 0 Å². The van der Waals surface area contributed by atoms with Gasteiger partial charge in [-0.15, -0.1) is 25.6 Å². The van der Waals surface area contributed by atoms with Gasteiger partial charge in [-0.05, 0) is 91.9 Å². The minimum atomic E-state index is -4.84. The van der Waals surface area contributed by atoms with Gasteiger partial charge in [0.1, 0.15) is 17.1 Å². The monoisotopic (exact) mass is 960 g/mol. The number of carbonyl (C=O) groups excluding carboxylic acids is 1. The molecule has 6 aromatic carbocycles. The Morgan fingerprint density at radius 1 is 0.621 bits per heavy atom. The number of carboxylic acids is 1. The van der Waals surface area contributed by atoms with Crippen LogP contribution in [0.5, 0.6) is 11.5 Å². The van der Waals surface area contributed by atoms with Crippen molar-refractivity contribution in [3.05, 3.63) is 114 Å². The summed E-state index contributed by atoms with van der Waals surface area (Å²) in [4.78, 5) is 23.4. The highest BCUT2D eigenvalue weighted by atomic mass is 32.3. The van der Waals surface area contributed by atoms with Crippen LogP contribution in [-0.2, 0) is 34.5 Å². The first-order valence-electron chi connectivity index (χ1n) is 18.3. The highest BCUT2D eigenvalue weighted by Gasteiger charge is 2.23. The number of fused-ring (bicyclic) bond motifs is 1. The van der Waals surface area contributed by atoms with Crippen LogP contribution < -0.4 is 11.1 Å². The van der Waals surface area contributed by atoms with Gasteiger partial charge in [-0.25, -0.2) is 22.2 Å². The smallest absolute Gasteiger partial charge is 0.397 e. The summed E-state index contributed by atoms with van der Waals surface area (Å²) in [5.74, 6) is -4.22. The molecule has 0 aliphatic heterocycles. The normalized spacial score (nSPS) is 12.5. The van der Waals surface area contributed by atoms with Crippen LogP contribution in [0.2, 0.25) is 0 Å². The number of nitrogens with two attached hydrogens (primary N) is 1. The van der Waals surface area contributed by atoms with Crippen LogP contribution in [0.15, 0.2) is 154 Å². The van der Waals surface area contributed by atoms with E-state index in [2.05, 4.69) is 50.4 Å². The number of aromatic carboxylic acids is 1. The Morgan fingerprint density at radius 3 is 1.76 bits per heavy atom.